The fourth-order valence-corrected chi connectivity index (χ4v) is 4.29. The number of carbonyl (C=O) groups is 1. The van der Waals surface area contributed by atoms with Crippen molar-refractivity contribution in [1.29, 1.82) is 0 Å². The Hall–Kier alpha value is -3.30. The molecule has 0 aromatic heterocycles. The van der Waals surface area contributed by atoms with Crippen molar-refractivity contribution in [2.45, 2.75) is 25.6 Å². The lowest BCUT2D eigenvalue weighted by Crippen LogP contribution is -2.37. The van der Waals surface area contributed by atoms with E-state index in [0.29, 0.717) is 40.4 Å². The lowest BCUT2D eigenvalue weighted by molar-refractivity contribution is -0.123. The predicted octanol–water partition coefficient (Wildman–Crippen LogP) is 3.24. The third-order valence-corrected chi connectivity index (χ3v) is 6.05. The van der Waals surface area contributed by atoms with Crippen LogP contribution in [-0.4, -0.2) is 49.1 Å². The number of nitrogens with one attached hydrogen (secondary N) is 1. The van der Waals surface area contributed by atoms with Gasteiger partial charge in [-0.2, -0.15) is 0 Å². The normalized spacial score (nSPS) is 20.5. The molecule has 2 fully saturated rings. The molecule has 0 spiro atoms. The number of methoxy groups -OCH3 is 1. The molecule has 3 aliphatic rings. The van der Waals surface area contributed by atoms with E-state index < -0.39 is 0 Å². The van der Waals surface area contributed by atoms with Crippen molar-refractivity contribution in [1.82, 2.24) is 10.2 Å². The van der Waals surface area contributed by atoms with Gasteiger partial charge in [0.1, 0.15) is 23.8 Å². The summed E-state index contributed by atoms with van der Waals surface area (Å²) in [5.41, 5.74) is 2.11. The van der Waals surface area contributed by atoms with E-state index in [1.807, 2.05) is 30.3 Å². The van der Waals surface area contributed by atoms with Crippen LogP contribution < -0.4 is 24.3 Å². The van der Waals surface area contributed by atoms with Gasteiger partial charge in [0.2, 0.25) is 6.79 Å². The standard InChI is InChI=1S/C24H24N2O6S/c1-28-20-6-4-15(9-16(20)13-30-17-5-7-21-22(11-17)32-14-31-21)10-19-23(27)26(24(33)25-19)12-18-3-2-8-29-18/h4-7,9-11,18H,2-3,8,12-14H2,1H3,(H,25,33)/b19-10+. The van der Waals surface area contributed by atoms with E-state index in [9.17, 15) is 4.79 Å². The molecule has 0 bridgehead atoms. The molecule has 1 N–H and O–H groups in total. The van der Waals surface area contributed by atoms with Crippen LogP contribution in [0.1, 0.15) is 24.0 Å². The monoisotopic (exact) mass is 468 g/mol. The molecule has 0 aliphatic carbocycles. The number of rotatable bonds is 7. The molecule has 1 atom stereocenters. The summed E-state index contributed by atoms with van der Waals surface area (Å²) in [5, 5.41) is 3.44. The van der Waals surface area contributed by atoms with Gasteiger partial charge in [0.25, 0.3) is 5.91 Å². The van der Waals surface area contributed by atoms with Gasteiger partial charge in [-0.25, -0.2) is 0 Å². The van der Waals surface area contributed by atoms with Crippen molar-refractivity contribution in [2.24, 2.45) is 0 Å². The van der Waals surface area contributed by atoms with Crippen molar-refractivity contribution in [3.63, 3.8) is 0 Å². The van der Waals surface area contributed by atoms with Crippen LogP contribution >= 0.6 is 12.2 Å². The molecule has 9 heteroatoms. The van der Waals surface area contributed by atoms with Crippen LogP contribution in [0, 0.1) is 0 Å². The average Bonchev–Trinajstić information content (AvgIpc) is 3.56. The first-order valence-corrected chi connectivity index (χ1v) is 11.2. The molecule has 0 saturated carbocycles. The van der Waals surface area contributed by atoms with Crippen molar-refractivity contribution in [2.75, 3.05) is 27.1 Å². The molecule has 172 valence electrons. The summed E-state index contributed by atoms with van der Waals surface area (Å²) in [5.74, 6) is 2.57. The average molecular weight is 469 g/mol. The summed E-state index contributed by atoms with van der Waals surface area (Å²) < 4.78 is 27.8. The lowest BCUT2D eigenvalue weighted by Gasteiger charge is -2.18. The molecular weight excluding hydrogens is 444 g/mol. The predicted molar refractivity (Wildman–Crippen MR) is 124 cm³/mol. The molecule has 2 aromatic carbocycles. The Bertz CT molecular complexity index is 1110. The van der Waals surface area contributed by atoms with Gasteiger partial charge in [-0.3, -0.25) is 9.69 Å². The van der Waals surface area contributed by atoms with Gasteiger partial charge >= 0.3 is 0 Å². The van der Waals surface area contributed by atoms with Crippen molar-refractivity contribution < 1.29 is 28.5 Å². The molecule has 2 saturated heterocycles. The highest BCUT2D eigenvalue weighted by Crippen LogP contribution is 2.35. The highest BCUT2D eigenvalue weighted by atomic mass is 32.1. The maximum absolute atomic E-state index is 12.9. The first kappa shape index (κ1) is 21.5. The van der Waals surface area contributed by atoms with Gasteiger partial charge < -0.3 is 29.0 Å². The number of ether oxygens (including phenoxy) is 5. The number of hydrogen-bond acceptors (Lipinski definition) is 7. The maximum atomic E-state index is 12.9. The van der Waals surface area contributed by atoms with Gasteiger partial charge in [0, 0.05) is 18.2 Å². The van der Waals surface area contributed by atoms with Crippen LogP contribution in [0.2, 0.25) is 0 Å². The van der Waals surface area contributed by atoms with Crippen LogP contribution in [0.4, 0.5) is 0 Å². The van der Waals surface area contributed by atoms with E-state index in [0.717, 1.165) is 30.6 Å². The second-order valence-corrected chi connectivity index (χ2v) is 8.30. The highest BCUT2D eigenvalue weighted by molar-refractivity contribution is 7.80. The Balaban J connectivity index is 1.30. The quantitative estimate of drug-likeness (QED) is 0.490. The zero-order valence-electron chi connectivity index (χ0n) is 18.2. The molecule has 8 nitrogen and oxygen atoms in total. The van der Waals surface area contributed by atoms with Gasteiger partial charge in [-0.15, -0.1) is 0 Å². The minimum absolute atomic E-state index is 0.0361. The molecule has 1 unspecified atom stereocenters. The number of amides is 1. The number of hydrogen-bond donors (Lipinski definition) is 1. The first-order valence-electron chi connectivity index (χ1n) is 10.8. The van der Waals surface area contributed by atoms with Gasteiger partial charge in [-0.05, 0) is 61.0 Å². The van der Waals surface area contributed by atoms with E-state index in [1.54, 1.807) is 24.2 Å². The van der Waals surface area contributed by atoms with Crippen LogP contribution in [0.15, 0.2) is 42.1 Å². The molecular formula is C24H24N2O6S. The number of carbonyl (C=O) groups excluding carboxylic acids is 1. The molecule has 5 rings (SSSR count). The first-order chi connectivity index (χ1) is 16.1. The summed E-state index contributed by atoms with van der Waals surface area (Å²) in [4.78, 5) is 14.5. The van der Waals surface area contributed by atoms with Gasteiger partial charge in [0.05, 0.1) is 19.8 Å². The maximum Gasteiger partial charge on any atom is 0.276 e. The van der Waals surface area contributed by atoms with Crippen LogP contribution in [0.3, 0.4) is 0 Å². The van der Waals surface area contributed by atoms with Crippen LogP contribution in [-0.2, 0) is 16.1 Å². The third-order valence-electron chi connectivity index (χ3n) is 5.73. The fraction of sp³-hybridized carbons (Fsp3) is 0.333. The minimum Gasteiger partial charge on any atom is -0.496 e. The van der Waals surface area contributed by atoms with Gasteiger partial charge in [0.15, 0.2) is 16.6 Å². The van der Waals surface area contributed by atoms with Crippen LogP contribution in [0.5, 0.6) is 23.0 Å². The van der Waals surface area contributed by atoms with E-state index in [1.165, 1.54) is 0 Å². The van der Waals surface area contributed by atoms with E-state index in [2.05, 4.69) is 5.32 Å². The Morgan fingerprint density at radius 2 is 2.09 bits per heavy atom. The Morgan fingerprint density at radius 1 is 1.21 bits per heavy atom. The minimum atomic E-state index is -0.149. The van der Waals surface area contributed by atoms with Crippen molar-refractivity contribution in [3.05, 3.63) is 53.2 Å². The fourth-order valence-electron chi connectivity index (χ4n) is 4.02. The summed E-state index contributed by atoms with van der Waals surface area (Å²) in [6, 6.07) is 11.1. The van der Waals surface area contributed by atoms with Crippen molar-refractivity contribution >= 4 is 29.3 Å². The van der Waals surface area contributed by atoms with Crippen LogP contribution in [0.25, 0.3) is 6.08 Å². The second-order valence-electron chi connectivity index (χ2n) is 7.91. The molecule has 33 heavy (non-hydrogen) atoms. The number of thiocarbonyl (C=S) groups is 1. The highest BCUT2D eigenvalue weighted by Gasteiger charge is 2.33. The zero-order valence-corrected chi connectivity index (χ0v) is 19.0. The summed E-state index contributed by atoms with van der Waals surface area (Å²) in [6.45, 7) is 1.70. The molecule has 0 radical (unpaired) electrons. The Kier molecular flexibility index (Phi) is 6.06. The number of nitrogens with zero attached hydrogens (tertiary/aromatic N) is 1. The number of benzene rings is 2. The SMILES string of the molecule is COc1ccc(/C=C2/NC(=S)N(CC3CCCO3)C2=O)cc1COc1ccc2c(c1)OCO2. The Morgan fingerprint density at radius 3 is 2.91 bits per heavy atom. The number of fused-ring (bicyclic) bond motifs is 1. The molecule has 3 heterocycles. The van der Waals surface area contributed by atoms with Crippen molar-refractivity contribution in [3.8, 4) is 23.0 Å². The van der Waals surface area contributed by atoms with E-state index in [-0.39, 0.29) is 25.4 Å². The Labute approximate surface area is 197 Å². The lowest BCUT2D eigenvalue weighted by atomic mass is 10.1. The topological polar surface area (TPSA) is 78.5 Å². The smallest absolute Gasteiger partial charge is 0.276 e. The third kappa shape index (κ3) is 4.60. The molecule has 2 aromatic rings. The second kappa shape index (κ2) is 9.29. The zero-order chi connectivity index (χ0) is 22.8. The summed E-state index contributed by atoms with van der Waals surface area (Å²) in [6.07, 6.45) is 3.78. The largest absolute Gasteiger partial charge is 0.496 e. The molecule has 1 amide bonds. The van der Waals surface area contributed by atoms with E-state index in [4.69, 9.17) is 35.9 Å². The van der Waals surface area contributed by atoms with E-state index >= 15 is 0 Å². The summed E-state index contributed by atoms with van der Waals surface area (Å²) in [7, 11) is 1.61. The van der Waals surface area contributed by atoms with Gasteiger partial charge in [-0.1, -0.05) is 6.07 Å². The molecule has 3 aliphatic heterocycles. The summed E-state index contributed by atoms with van der Waals surface area (Å²) >= 11 is 5.38.